The van der Waals surface area contributed by atoms with E-state index < -0.39 is 18.2 Å². The van der Waals surface area contributed by atoms with Crippen molar-refractivity contribution in [3.63, 3.8) is 0 Å². The van der Waals surface area contributed by atoms with Gasteiger partial charge in [0.2, 0.25) is 11.8 Å². The molecule has 0 aromatic heterocycles. The van der Waals surface area contributed by atoms with Crippen LogP contribution < -0.4 is 11.1 Å². The lowest BCUT2D eigenvalue weighted by Crippen LogP contribution is -2.54. The molecule has 0 aliphatic carbocycles. The molecule has 0 aromatic rings. The van der Waals surface area contributed by atoms with Gasteiger partial charge in [-0.3, -0.25) is 9.59 Å². The van der Waals surface area contributed by atoms with Crippen LogP contribution >= 0.6 is 0 Å². The van der Waals surface area contributed by atoms with E-state index in [4.69, 9.17) is 5.73 Å². The number of likely N-dealkylation sites (N-methyl/N-ethyl adjacent to an activating group) is 1. The van der Waals surface area contributed by atoms with Gasteiger partial charge in [0.1, 0.15) is 6.04 Å². The Bertz CT molecular complexity index is 338. The maximum Gasteiger partial charge on any atom is 0.242 e. The molecule has 4 N–H and O–H groups in total. The van der Waals surface area contributed by atoms with Crippen molar-refractivity contribution in [3.05, 3.63) is 0 Å². The number of hydrogen-bond donors (Lipinski definition) is 3. The van der Waals surface area contributed by atoms with E-state index in [1.54, 1.807) is 0 Å². The third-order valence-electron chi connectivity index (χ3n) is 3.31. The van der Waals surface area contributed by atoms with Crippen LogP contribution in [0, 0.1) is 5.41 Å². The van der Waals surface area contributed by atoms with Gasteiger partial charge >= 0.3 is 0 Å². The molecule has 1 aliphatic heterocycles. The van der Waals surface area contributed by atoms with Gasteiger partial charge in [0.15, 0.2) is 0 Å². The van der Waals surface area contributed by atoms with Crippen LogP contribution in [0.4, 0.5) is 0 Å². The number of likely N-dealkylation sites (tertiary alicyclic amines) is 1. The number of rotatable bonds is 2. The summed E-state index contributed by atoms with van der Waals surface area (Å²) in [5, 5.41) is 12.1. The van der Waals surface area contributed by atoms with Gasteiger partial charge in [-0.2, -0.15) is 0 Å². The molecule has 18 heavy (non-hydrogen) atoms. The highest BCUT2D eigenvalue weighted by Crippen LogP contribution is 2.24. The zero-order valence-corrected chi connectivity index (χ0v) is 11.4. The summed E-state index contributed by atoms with van der Waals surface area (Å²) in [5.41, 5.74) is 5.54. The molecule has 1 saturated heterocycles. The van der Waals surface area contributed by atoms with E-state index in [2.05, 4.69) is 5.32 Å². The minimum absolute atomic E-state index is 0.167. The van der Waals surface area contributed by atoms with Gasteiger partial charge in [-0.1, -0.05) is 20.8 Å². The van der Waals surface area contributed by atoms with Gasteiger partial charge < -0.3 is 21.1 Å². The second kappa shape index (κ2) is 5.24. The molecule has 6 nitrogen and oxygen atoms in total. The summed E-state index contributed by atoms with van der Waals surface area (Å²) in [7, 11) is 1.51. The maximum atomic E-state index is 12.3. The first-order valence-corrected chi connectivity index (χ1v) is 6.14. The van der Waals surface area contributed by atoms with Crippen LogP contribution in [0.2, 0.25) is 0 Å². The van der Waals surface area contributed by atoms with Crippen LogP contribution in [0.25, 0.3) is 0 Å². The van der Waals surface area contributed by atoms with Gasteiger partial charge in [-0.25, -0.2) is 0 Å². The molecule has 6 heteroatoms. The van der Waals surface area contributed by atoms with Crippen molar-refractivity contribution in [2.75, 3.05) is 13.6 Å². The molecule has 1 fully saturated rings. The molecule has 0 bridgehead atoms. The van der Waals surface area contributed by atoms with Crippen LogP contribution in [0.3, 0.4) is 0 Å². The zero-order valence-electron chi connectivity index (χ0n) is 11.4. The van der Waals surface area contributed by atoms with Crippen LogP contribution in [-0.4, -0.2) is 53.6 Å². The number of aliphatic hydroxyl groups excluding tert-OH is 1. The normalized spacial score (nSPS) is 26.0. The Morgan fingerprint density at radius 2 is 2.00 bits per heavy atom. The minimum atomic E-state index is -0.685. The summed E-state index contributed by atoms with van der Waals surface area (Å²) in [6.45, 7) is 5.78. The second-order valence-corrected chi connectivity index (χ2v) is 5.85. The van der Waals surface area contributed by atoms with Gasteiger partial charge in [0, 0.05) is 20.0 Å². The SMILES string of the molecule is CNC(=O)C1CC(O)CN1C(=O)C(N)C(C)(C)C. The van der Waals surface area contributed by atoms with Crippen molar-refractivity contribution >= 4 is 11.8 Å². The first kappa shape index (κ1) is 14.9. The molecular weight excluding hydrogens is 234 g/mol. The lowest BCUT2D eigenvalue weighted by molar-refractivity contribution is -0.141. The Kier molecular flexibility index (Phi) is 4.34. The highest BCUT2D eigenvalue weighted by molar-refractivity contribution is 5.90. The van der Waals surface area contributed by atoms with E-state index >= 15 is 0 Å². The van der Waals surface area contributed by atoms with Crippen LogP contribution in [0.15, 0.2) is 0 Å². The van der Waals surface area contributed by atoms with E-state index in [1.165, 1.54) is 11.9 Å². The molecule has 0 spiro atoms. The third kappa shape index (κ3) is 3.00. The summed E-state index contributed by atoms with van der Waals surface area (Å²) in [6, 6.07) is -1.30. The van der Waals surface area contributed by atoms with Crippen molar-refractivity contribution < 1.29 is 14.7 Å². The number of amides is 2. The highest BCUT2D eigenvalue weighted by atomic mass is 16.3. The summed E-state index contributed by atoms with van der Waals surface area (Å²) < 4.78 is 0. The number of hydrogen-bond acceptors (Lipinski definition) is 4. The first-order valence-electron chi connectivity index (χ1n) is 6.14. The van der Waals surface area contributed by atoms with E-state index in [0.29, 0.717) is 0 Å². The van der Waals surface area contributed by atoms with Crippen molar-refractivity contribution in [2.45, 2.75) is 45.4 Å². The fraction of sp³-hybridized carbons (Fsp3) is 0.833. The predicted octanol–water partition coefficient (Wildman–Crippen LogP) is -0.932. The topological polar surface area (TPSA) is 95.7 Å². The number of β-amino-alcohol motifs (C(OH)–C–C–N with tert-alkyl or cyclic N) is 1. The van der Waals surface area contributed by atoms with Crippen molar-refractivity contribution in [1.29, 1.82) is 0 Å². The zero-order chi connectivity index (χ0) is 14.1. The molecule has 0 aromatic carbocycles. The molecular formula is C12H23N3O3. The van der Waals surface area contributed by atoms with Crippen LogP contribution in [0.1, 0.15) is 27.2 Å². The van der Waals surface area contributed by atoms with E-state index in [-0.39, 0.29) is 30.2 Å². The van der Waals surface area contributed by atoms with Crippen LogP contribution in [-0.2, 0) is 9.59 Å². The number of nitrogens with two attached hydrogens (primary N) is 1. The highest BCUT2D eigenvalue weighted by Gasteiger charge is 2.42. The largest absolute Gasteiger partial charge is 0.391 e. The average molecular weight is 257 g/mol. The van der Waals surface area contributed by atoms with Gasteiger partial charge in [0.05, 0.1) is 12.1 Å². The van der Waals surface area contributed by atoms with Crippen molar-refractivity contribution in [1.82, 2.24) is 10.2 Å². The summed E-state index contributed by atoms with van der Waals surface area (Å²) in [4.78, 5) is 25.4. The molecule has 3 unspecified atom stereocenters. The van der Waals surface area contributed by atoms with Gasteiger partial charge in [0.25, 0.3) is 0 Å². The number of carbonyl (C=O) groups excluding carboxylic acids is 2. The quantitative estimate of drug-likeness (QED) is 0.595. The van der Waals surface area contributed by atoms with Gasteiger partial charge in [-0.05, 0) is 5.41 Å². The van der Waals surface area contributed by atoms with E-state index in [9.17, 15) is 14.7 Å². The fourth-order valence-corrected chi connectivity index (χ4v) is 2.02. The molecule has 1 heterocycles. The van der Waals surface area contributed by atoms with Crippen LogP contribution in [0.5, 0.6) is 0 Å². The average Bonchev–Trinajstić information content (AvgIpc) is 2.67. The Morgan fingerprint density at radius 3 is 2.44 bits per heavy atom. The summed E-state index contributed by atoms with van der Waals surface area (Å²) >= 11 is 0. The van der Waals surface area contributed by atoms with E-state index in [0.717, 1.165) is 0 Å². The van der Waals surface area contributed by atoms with E-state index in [1.807, 2.05) is 20.8 Å². The number of carbonyl (C=O) groups is 2. The molecule has 0 saturated carbocycles. The number of nitrogens with zero attached hydrogens (tertiary/aromatic N) is 1. The molecule has 0 radical (unpaired) electrons. The van der Waals surface area contributed by atoms with Crippen molar-refractivity contribution in [3.8, 4) is 0 Å². The minimum Gasteiger partial charge on any atom is -0.391 e. The molecule has 104 valence electrons. The Hall–Kier alpha value is -1.14. The molecule has 1 rings (SSSR count). The standard InChI is InChI=1S/C12H23N3O3/c1-12(2,3)9(13)11(18)15-6-7(16)5-8(15)10(17)14-4/h7-9,16H,5-6,13H2,1-4H3,(H,14,17). The Balaban J connectivity index is 2.86. The third-order valence-corrected chi connectivity index (χ3v) is 3.31. The molecule has 3 atom stereocenters. The predicted molar refractivity (Wildman–Crippen MR) is 67.6 cm³/mol. The maximum absolute atomic E-state index is 12.3. The molecule has 1 aliphatic rings. The van der Waals surface area contributed by atoms with Gasteiger partial charge in [-0.15, -0.1) is 0 Å². The number of aliphatic hydroxyl groups is 1. The first-order chi connectivity index (χ1) is 8.18. The molecule has 2 amide bonds. The lowest BCUT2D eigenvalue weighted by atomic mass is 9.86. The summed E-state index contributed by atoms with van der Waals surface area (Å²) in [5.74, 6) is -0.548. The van der Waals surface area contributed by atoms with Crippen molar-refractivity contribution in [2.24, 2.45) is 11.1 Å². The number of nitrogens with one attached hydrogen (secondary N) is 1. The smallest absolute Gasteiger partial charge is 0.242 e. The Labute approximate surface area is 108 Å². The second-order valence-electron chi connectivity index (χ2n) is 5.85. The fourth-order valence-electron chi connectivity index (χ4n) is 2.02. The summed E-state index contributed by atoms with van der Waals surface area (Å²) in [6.07, 6.45) is -0.397. The monoisotopic (exact) mass is 257 g/mol. The Morgan fingerprint density at radius 1 is 1.44 bits per heavy atom. The lowest BCUT2D eigenvalue weighted by Gasteiger charge is -2.32.